The Hall–Kier alpha value is -1.20. The van der Waals surface area contributed by atoms with Crippen LogP contribution in [-0.4, -0.2) is 5.11 Å². The van der Waals surface area contributed by atoms with Crippen LogP contribution < -0.4 is 0 Å². The lowest BCUT2D eigenvalue weighted by Gasteiger charge is -2.13. The minimum atomic E-state index is -1.40. The number of rotatable bonds is 2. The largest absolute Gasteiger partial charge is 0.457 e. The standard InChI is InChI=1S/C12H9BrF2O2/c1-6-2-3-8(14)9(10(6)15)11(16)7-4-5-17-12(7)13/h2-5,11,16H,1H3. The van der Waals surface area contributed by atoms with Crippen molar-refractivity contribution in [2.75, 3.05) is 0 Å². The molecule has 0 saturated heterocycles. The van der Waals surface area contributed by atoms with Crippen molar-refractivity contribution in [2.45, 2.75) is 13.0 Å². The van der Waals surface area contributed by atoms with Crippen LogP contribution in [0.5, 0.6) is 0 Å². The maximum atomic E-state index is 13.8. The fraction of sp³-hybridized carbons (Fsp3) is 0.167. The average molecular weight is 303 g/mol. The number of furan rings is 1. The predicted octanol–water partition coefficient (Wildman–Crippen LogP) is 3.71. The van der Waals surface area contributed by atoms with Crippen LogP contribution in [0.15, 0.2) is 33.5 Å². The maximum absolute atomic E-state index is 13.8. The summed E-state index contributed by atoms with van der Waals surface area (Å²) < 4.78 is 32.5. The second-order valence-corrected chi connectivity index (χ2v) is 4.36. The molecule has 2 aromatic rings. The highest BCUT2D eigenvalue weighted by Gasteiger charge is 2.24. The topological polar surface area (TPSA) is 33.4 Å². The van der Waals surface area contributed by atoms with Crippen LogP contribution in [-0.2, 0) is 0 Å². The molecule has 90 valence electrons. The number of hydrogen-bond donors (Lipinski definition) is 1. The van der Waals surface area contributed by atoms with Crippen LogP contribution in [0, 0.1) is 18.6 Å². The van der Waals surface area contributed by atoms with Gasteiger partial charge >= 0.3 is 0 Å². The summed E-state index contributed by atoms with van der Waals surface area (Å²) in [4.78, 5) is 0. The number of hydrogen-bond acceptors (Lipinski definition) is 2. The van der Waals surface area contributed by atoms with Crippen molar-refractivity contribution >= 4 is 15.9 Å². The molecule has 17 heavy (non-hydrogen) atoms. The Balaban J connectivity index is 2.55. The van der Waals surface area contributed by atoms with Gasteiger partial charge in [-0.2, -0.15) is 0 Å². The number of benzene rings is 1. The van der Waals surface area contributed by atoms with Gasteiger partial charge in [-0.3, -0.25) is 0 Å². The van der Waals surface area contributed by atoms with E-state index in [1.54, 1.807) is 0 Å². The van der Waals surface area contributed by atoms with Gasteiger partial charge in [-0.15, -0.1) is 0 Å². The van der Waals surface area contributed by atoms with E-state index < -0.39 is 17.7 Å². The second-order valence-electron chi connectivity index (χ2n) is 3.64. The van der Waals surface area contributed by atoms with Gasteiger partial charge in [0.1, 0.15) is 17.7 Å². The molecule has 1 heterocycles. The van der Waals surface area contributed by atoms with Crippen molar-refractivity contribution in [1.82, 2.24) is 0 Å². The first kappa shape index (κ1) is 12.3. The molecule has 0 radical (unpaired) electrons. The number of aryl methyl sites for hydroxylation is 1. The molecule has 0 aliphatic carbocycles. The van der Waals surface area contributed by atoms with E-state index in [1.807, 2.05) is 0 Å². The Morgan fingerprint density at radius 1 is 1.29 bits per heavy atom. The second kappa shape index (κ2) is 4.58. The molecule has 0 aliphatic heterocycles. The van der Waals surface area contributed by atoms with Crippen LogP contribution in [0.1, 0.15) is 22.8 Å². The fourth-order valence-electron chi connectivity index (χ4n) is 1.58. The summed E-state index contributed by atoms with van der Waals surface area (Å²) in [5.74, 6) is -1.53. The number of halogens is 3. The molecule has 1 atom stereocenters. The molecule has 0 bridgehead atoms. The lowest BCUT2D eigenvalue weighted by atomic mass is 10.0. The zero-order valence-electron chi connectivity index (χ0n) is 8.88. The number of aliphatic hydroxyl groups is 1. The summed E-state index contributed by atoms with van der Waals surface area (Å²) in [5, 5.41) is 9.98. The van der Waals surface area contributed by atoms with E-state index >= 15 is 0 Å². The molecular weight excluding hydrogens is 294 g/mol. The van der Waals surface area contributed by atoms with E-state index in [0.29, 0.717) is 0 Å². The first-order chi connectivity index (χ1) is 8.02. The Morgan fingerprint density at radius 3 is 2.59 bits per heavy atom. The third-order valence-corrected chi connectivity index (χ3v) is 3.18. The minimum absolute atomic E-state index is 0.255. The third-order valence-electron chi connectivity index (χ3n) is 2.53. The highest BCUT2D eigenvalue weighted by atomic mass is 79.9. The van der Waals surface area contributed by atoms with Gasteiger partial charge in [0.05, 0.1) is 11.8 Å². The van der Waals surface area contributed by atoms with Crippen molar-refractivity contribution in [3.05, 3.63) is 57.5 Å². The van der Waals surface area contributed by atoms with E-state index in [-0.39, 0.29) is 21.4 Å². The third kappa shape index (κ3) is 2.12. The van der Waals surface area contributed by atoms with Crippen molar-refractivity contribution in [2.24, 2.45) is 0 Å². The molecule has 0 spiro atoms. The van der Waals surface area contributed by atoms with Gasteiger partial charge in [-0.25, -0.2) is 8.78 Å². The first-order valence-electron chi connectivity index (χ1n) is 4.88. The highest BCUT2D eigenvalue weighted by Crippen LogP contribution is 2.32. The zero-order chi connectivity index (χ0) is 12.6. The summed E-state index contributed by atoms with van der Waals surface area (Å²) in [7, 11) is 0. The van der Waals surface area contributed by atoms with Crippen molar-refractivity contribution < 1.29 is 18.3 Å². The molecule has 5 heteroatoms. The summed E-state index contributed by atoms with van der Waals surface area (Å²) in [6.07, 6.45) is -0.0724. The summed E-state index contributed by atoms with van der Waals surface area (Å²) in [5.41, 5.74) is 0.195. The normalized spacial score (nSPS) is 12.8. The van der Waals surface area contributed by atoms with Gasteiger partial charge in [0.2, 0.25) is 0 Å². The molecular formula is C12H9BrF2O2. The smallest absolute Gasteiger partial charge is 0.175 e. The molecule has 0 aliphatic rings. The van der Waals surface area contributed by atoms with Crippen LogP contribution >= 0.6 is 15.9 Å². The number of aliphatic hydroxyl groups excluding tert-OH is 1. The summed E-state index contributed by atoms with van der Waals surface area (Å²) in [6.45, 7) is 1.51. The molecule has 1 unspecified atom stereocenters. The van der Waals surface area contributed by atoms with Gasteiger partial charge in [-0.1, -0.05) is 6.07 Å². The SMILES string of the molecule is Cc1ccc(F)c(C(O)c2ccoc2Br)c1F. The van der Waals surface area contributed by atoms with Crippen molar-refractivity contribution in [1.29, 1.82) is 0 Å². The van der Waals surface area contributed by atoms with Crippen LogP contribution in [0.4, 0.5) is 8.78 Å². The van der Waals surface area contributed by atoms with E-state index in [4.69, 9.17) is 4.42 Å². The molecule has 0 amide bonds. The zero-order valence-corrected chi connectivity index (χ0v) is 10.5. The Kier molecular flexibility index (Phi) is 3.31. The predicted molar refractivity (Wildman–Crippen MR) is 61.6 cm³/mol. The van der Waals surface area contributed by atoms with Gasteiger partial charge < -0.3 is 9.52 Å². The lowest BCUT2D eigenvalue weighted by Crippen LogP contribution is -2.06. The Bertz CT molecular complexity index is 551. The molecule has 0 saturated carbocycles. The van der Waals surface area contributed by atoms with E-state index in [2.05, 4.69) is 15.9 Å². The maximum Gasteiger partial charge on any atom is 0.175 e. The molecule has 2 nitrogen and oxygen atoms in total. The quantitative estimate of drug-likeness (QED) is 0.917. The van der Waals surface area contributed by atoms with Crippen LogP contribution in [0.3, 0.4) is 0 Å². The summed E-state index contributed by atoms with van der Waals surface area (Å²) in [6, 6.07) is 3.91. The molecule has 1 aromatic heterocycles. The van der Waals surface area contributed by atoms with E-state index in [9.17, 15) is 13.9 Å². The first-order valence-corrected chi connectivity index (χ1v) is 5.67. The van der Waals surface area contributed by atoms with Gasteiger partial charge in [0, 0.05) is 5.56 Å². The fourth-order valence-corrected chi connectivity index (χ4v) is 2.04. The average Bonchev–Trinajstić information content (AvgIpc) is 2.70. The minimum Gasteiger partial charge on any atom is -0.457 e. The molecule has 0 fully saturated rings. The van der Waals surface area contributed by atoms with Gasteiger partial charge in [0.15, 0.2) is 4.67 Å². The Morgan fingerprint density at radius 2 is 2.00 bits per heavy atom. The Labute approximate surface area is 105 Å². The van der Waals surface area contributed by atoms with Crippen molar-refractivity contribution in [3.63, 3.8) is 0 Å². The van der Waals surface area contributed by atoms with Crippen LogP contribution in [0.25, 0.3) is 0 Å². The summed E-state index contributed by atoms with van der Waals surface area (Å²) >= 11 is 3.06. The van der Waals surface area contributed by atoms with Crippen molar-refractivity contribution in [3.8, 4) is 0 Å². The van der Waals surface area contributed by atoms with E-state index in [1.165, 1.54) is 25.3 Å². The highest BCUT2D eigenvalue weighted by molar-refractivity contribution is 9.10. The molecule has 2 rings (SSSR count). The van der Waals surface area contributed by atoms with Gasteiger partial charge in [0.25, 0.3) is 0 Å². The molecule has 1 aromatic carbocycles. The van der Waals surface area contributed by atoms with Crippen LogP contribution in [0.2, 0.25) is 0 Å². The van der Waals surface area contributed by atoms with E-state index in [0.717, 1.165) is 6.07 Å². The lowest BCUT2D eigenvalue weighted by molar-refractivity contribution is 0.206. The molecule has 1 N–H and O–H groups in total. The van der Waals surface area contributed by atoms with Gasteiger partial charge in [-0.05, 0) is 40.5 Å². The monoisotopic (exact) mass is 302 g/mol.